The van der Waals surface area contributed by atoms with Crippen molar-refractivity contribution < 1.29 is 38.8 Å². The van der Waals surface area contributed by atoms with Gasteiger partial charge in [0, 0.05) is 68.3 Å². The molecule has 0 aliphatic heterocycles. The van der Waals surface area contributed by atoms with Crippen LogP contribution in [-0.4, -0.2) is 66.0 Å². The van der Waals surface area contributed by atoms with Crippen LogP contribution in [0.2, 0.25) is 0 Å². The third-order valence-electron chi connectivity index (χ3n) is 8.23. The maximum atomic E-state index is 12.7. The Morgan fingerprint density at radius 2 is 1.44 bits per heavy atom. The predicted octanol–water partition coefficient (Wildman–Crippen LogP) is 6.94. The molecule has 288 valence electrons. The second-order valence-electron chi connectivity index (χ2n) is 12.7. The minimum absolute atomic E-state index is 0.0294. The number of aliphatic hydroxyl groups is 1. The van der Waals surface area contributed by atoms with Crippen LogP contribution in [0.1, 0.15) is 78.6 Å². The molecule has 3 amide bonds. The molecule has 1 aromatic heterocycles. The first-order valence-corrected chi connectivity index (χ1v) is 18.2. The van der Waals surface area contributed by atoms with Crippen molar-refractivity contribution in [3.8, 4) is 5.75 Å². The van der Waals surface area contributed by atoms with Crippen LogP contribution in [0.3, 0.4) is 0 Å². The number of phenolic OH excluding ortho intramolecular Hbond substituents is 1. The molecule has 0 aliphatic carbocycles. The van der Waals surface area contributed by atoms with Gasteiger partial charge >= 0.3 is 12.0 Å². The maximum absolute atomic E-state index is 12.7. The molecule has 6 N–H and O–H groups in total. The van der Waals surface area contributed by atoms with Crippen LogP contribution in [0.15, 0.2) is 91.3 Å². The van der Waals surface area contributed by atoms with Crippen molar-refractivity contribution in [3.63, 3.8) is 0 Å². The monoisotopic (exact) mass is 741 g/mol. The number of unbranched alkanes of at least 4 members (excludes halogenated alkanes) is 4. The van der Waals surface area contributed by atoms with E-state index in [4.69, 9.17) is 14.2 Å². The number of nitrogens with zero attached hydrogens (tertiary/aromatic N) is 1. The van der Waals surface area contributed by atoms with Crippen molar-refractivity contribution in [2.45, 2.75) is 64.8 Å². The van der Waals surface area contributed by atoms with Crippen molar-refractivity contribution in [2.75, 3.05) is 48.9 Å². The fourth-order valence-electron chi connectivity index (χ4n) is 5.41. The van der Waals surface area contributed by atoms with Crippen LogP contribution in [0, 0.1) is 0 Å². The van der Waals surface area contributed by atoms with Crippen molar-refractivity contribution in [1.82, 2.24) is 10.3 Å². The van der Waals surface area contributed by atoms with E-state index in [2.05, 4.69) is 26.3 Å². The highest BCUT2D eigenvalue weighted by atomic mass is 16.5. The summed E-state index contributed by atoms with van der Waals surface area (Å²) in [6, 6.07) is 22.1. The summed E-state index contributed by atoms with van der Waals surface area (Å²) in [5, 5.41) is 32.1. The van der Waals surface area contributed by atoms with Gasteiger partial charge in [-0.2, -0.15) is 0 Å². The zero-order chi connectivity index (χ0) is 38.4. The highest BCUT2D eigenvalue weighted by Crippen LogP contribution is 2.23. The Bertz CT molecular complexity index is 1760. The van der Waals surface area contributed by atoms with E-state index >= 15 is 0 Å². The van der Waals surface area contributed by atoms with Crippen molar-refractivity contribution >= 4 is 35.0 Å². The van der Waals surface area contributed by atoms with Gasteiger partial charge in [-0.05, 0) is 91.5 Å². The molecule has 4 rings (SSSR count). The van der Waals surface area contributed by atoms with E-state index in [1.807, 2.05) is 18.2 Å². The number of hydrogen-bond donors (Lipinski definition) is 6. The normalized spacial score (nSPS) is 11.4. The molecular weight excluding hydrogens is 690 g/mol. The molecule has 4 aromatic rings. The quantitative estimate of drug-likeness (QED) is 0.0344. The van der Waals surface area contributed by atoms with Gasteiger partial charge in [0.05, 0.1) is 18.3 Å². The Hall–Kier alpha value is -5.34. The second-order valence-corrected chi connectivity index (χ2v) is 12.7. The highest BCUT2D eigenvalue weighted by Gasteiger charge is 2.12. The number of urea groups is 1. The van der Waals surface area contributed by atoms with Gasteiger partial charge in [-0.3, -0.25) is 14.6 Å². The maximum Gasteiger partial charge on any atom is 0.323 e. The second kappa shape index (κ2) is 23.4. The Balaban J connectivity index is 0.983. The Labute approximate surface area is 316 Å². The number of amides is 3. The Kier molecular flexibility index (Phi) is 17.9. The first-order chi connectivity index (χ1) is 26.3. The summed E-state index contributed by atoms with van der Waals surface area (Å²) in [7, 11) is 0. The number of aliphatic hydroxyl groups excluding tert-OH is 1. The summed E-state index contributed by atoms with van der Waals surface area (Å²) in [4.78, 5) is 40.1. The van der Waals surface area contributed by atoms with E-state index in [0.717, 1.165) is 57.2 Å². The SMILES string of the molecule is CC(=O)OCc1cc([C@@H](O)CNCCCCCCCOCCCOCc2cccc(NC(=O)Nc3cccc(NC(=O)c4cccnc4)c3)c2)ccc1O. The third kappa shape index (κ3) is 15.7. The van der Waals surface area contributed by atoms with E-state index in [1.165, 1.54) is 19.2 Å². The summed E-state index contributed by atoms with van der Waals surface area (Å²) >= 11 is 0. The van der Waals surface area contributed by atoms with E-state index < -0.39 is 18.1 Å². The van der Waals surface area contributed by atoms with E-state index in [0.29, 0.717) is 60.1 Å². The number of hydrogen-bond acceptors (Lipinski definition) is 10. The largest absolute Gasteiger partial charge is 0.508 e. The number of rotatable bonds is 23. The number of ether oxygens (including phenoxy) is 3. The number of benzene rings is 3. The third-order valence-corrected chi connectivity index (χ3v) is 8.23. The lowest BCUT2D eigenvalue weighted by Gasteiger charge is -2.14. The van der Waals surface area contributed by atoms with Crippen LogP contribution < -0.4 is 21.3 Å². The summed E-state index contributed by atoms with van der Waals surface area (Å²) in [6.45, 7) is 4.80. The summed E-state index contributed by atoms with van der Waals surface area (Å²) in [5.41, 5.74) is 4.19. The van der Waals surface area contributed by atoms with Crippen LogP contribution in [-0.2, 0) is 32.2 Å². The minimum Gasteiger partial charge on any atom is -0.508 e. The van der Waals surface area contributed by atoms with Gasteiger partial charge in [0.15, 0.2) is 0 Å². The molecule has 0 saturated heterocycles. The van der Waals surface area contributed by atoms with Gasteiger partial charge in [-0.1, -0.05) is 43.5 Å². The van der Waals surface area contributed by atoms with Gasteiger partial charge in [0.25, 0.3) is 5.91 Å². The molecule has 0 aliphatic rings. The molecule has 0 radical (unpaired) electrons. The smallest absolute Gasteiger partial charge is 0.323 e. The van der Waals surface area contributed by atoms with Gasteiger partial charge in [-0.25, -0.2) is 4.79 Å². The van der Waals surface area contributed by atoms with Crippen molar-refractivity contribution in [2.24, 2.45) is 0 Å². The molecule has 1 heterocycles. The Morgan fingerprint density at radius 1 is 0.741 bits per heavy atom. The van der Waals surface area contributed by atoms with Gasteiger partial charge < -0.3 is 45.7 Å². The number of carbonyl (C=O) groups is 3. The first-order valence-electron chi connectivity index (χ1n) is 18.2. The lowest BCUT2D eigenvalue weighted by atomic mass is 10.1. The molecule has 0 bridgehead atoms. The summed E-state index contributed by atoms with van der Waals surface area (Å²) < 4.78 is 16.5. The van der Waals surface area contributed by atoms with Crippen LogP contribution >= 0.6 is 0 Å². The van der Waals surface area contributed by atoms with E-state index in [-0.39, 0.29) is 18.3 Å². The molecule has 1 atom stereocenters. The molecule has 13 nitrogen and oxygen atoms in total. The van der Waals surface area contributed by atoms with Crippen molar-refractivity contribution in [3.05, 3.63) is 114 Å². The summed E-state index contributed by atoms with van der Waals surface area (Å²) in [6.07, 6.45) is 8.46. The predicted molar refractivity (Wildman–Crippen MR) is 207 cm³/mol. The number of nitrogens with one attached hydrogen (secondary N) is 4. The zero-order valence-corrected chi connectivity index (χ0v) is 30.7. The lowest BCUT2D eigenvalue weighted by Crippen LogP contribution is -2.22. The first kappa shape index (κ1) is 41.4. The highest BCUT2D eigenvalue weighted by molar-refractivity contribution is 6.05. The lowest BCUT2D eigenvalue weighted by molar-refractivity contribution is -0.142. The van der Waals surface area contributed by atoms with Crippen LogP contribution in [0.25, 0.3) is 0 Å². The van der Waals surface area contributed by atoms with Gasteiger partial charge in [0.1, 0.15) is 12.4 Å². The number of esters is 1. The molecule has 0 fully saturated rings. The minimum atomic E-state index is -0.725. The zero-order valence-electron chi connectivity index (χ0n) is 30.7. The number of carbonyl (C=O) groups excluding carboxylic acids is 3. The fourth-order valence-corrected chi connectivity index (χ4v) is 5.41. The van der Waals surface area contributed by atoms with Crippen molar-refractivity contribution in [1.29, 1.82) is 0 Å². The van der Waals surface area contributed by atoms with E-state index in [1.54, 1.807) is 60.8 Å². The topological polar surface area (TPSA) is 180 Å². The fraction of sp³-hybridized carbons (Fsp3) is 0.366. The molecular formula is C41H51N5O8. The molecule has 54 heavy (non-hydrogen) atoms. The van der Waals surface area contributed by atoms with Gasteiger partial charge in [-0.15, -0.1) is 0 Å². The number of anilines is 3. The van der Waals surface area contributed by atoms with Gasteiger partial charge in [0.2, 0.25) is 0 Å². The molecule has 0 unspecified atom stereocenters. The Morgan fingerprint density at radius 3 is 2.22 bits per heavy atom. The molecule has 3 aromatic carbocycles. The van der Waals surface area contributed by atoms with E-state index in [9.17, 15) is 24.6 Å². The van der Waals surface area contributed by atoms with Crippen LogP contribution in [0.5, 0.6) is 5.75 Å². The van der Waals surface area contributed by atoms with Crippen LogP contribution in [0.4, 0.5) is 21.9 Å². The average molecular weight is 742 g/mol. The summed E-state index contributed by atoms with van der Waals surface area (Å²) in [5.74, 6) is -0.691. The molecule has 0 spiro atoms. The average Bonchev–Trinajstić information content (AvgIpc) is 3.16. The standard InChI is InChI=1S/C41H51N5O8/c1-30(47)54-29-34-24-32(16-17-38(34)48)39(49)27-43-18-5-3-2-4-6-20-52-21-10-22-53-28-31-11-7-13-35(23-31)45-41(51)46-37-15-8-14-36(25-37)44-40(50)33-12-9-19-42-26-33/h7-9,11-17,19,23-26,39,43,48-49H,2-6,10,18,20-22,27-29H2,1H3,(H,44,50)(H2,45,46,51)/t39-/m0/s1. The molecule has 0 saturated carbocycles. The number of aromatic hydroxyl groups is 1. The molecule has 13 heteroatoms. The number of phenols is 1. The number of aromatic nitrogens is 1. The number of pyridine rings is 1.